The van der Waals surface area contributed by atoms with Gasteiger partial charge in [0.05, 0.1) is 0 Å². The lowest BCUT2D eigenvalue weighted by Gasteiger charge is -2.58. The summed E-state index contributed by atoms with van der Waals surface area (Å²) in [6.07, 6.45) is 10.2. The van der Waals surface area contributed by atoms with Crippen LogP contribution in [-0.4, -0.2) is 25.8 Å². The van der Waals surface area contributed by atoms with E-state index in [4.69, 9.17) is 0 Å². The number of aromatic nitrogens is 3. The van der Waals surface area contributed by atoms with Crippen molar-refractivity contribution in [3.63, 3.8) is 0 Å². The van der Waals surface area contributed by atoms with Gasteiger partial charge in [-0.2, -0.15) is 5.10 Å². The van der Waals surface area contributed by atoms with Crippen LogP contribution in [-0.2, 0) is 4.79 Å². The normalized spacial score (nSPS) is 41.4. The fourth-order valence-corrected chi connectivity index (χ4v) is 5.52. The summed E-state index contributed by atoms with van der Waals surface area (Å²) in [4.78, 5) is 15.8. The molecule has 19 heavy (non-hydrogen) atoms. The van der Waals surface area contributed by atoms with Crippen LogP contribution in [0.3, 0.4) is 0 Å². The van der Waals surface area contributed by atoms with Crippen LogP contribution in [0.4, 0.5) is 0 Å². The zero-order valence-corrected chi connectivity index (χ0v) is 10.9. The number of aliphatic carboxylic acids is 1. The molecule has 0 amide bonds. The number of nitrogens with zero attached hydrogens (tertiary/aromatic N) is 3. The lowest BCUT2D eigenvalue weighted by molar-refractivity contribution is -0.156. The molecule has 1 N–H and O–H groups in total. The molecule has 1 aromatic heterocycles. The molecule has 1 aromatic rings. The molecule has 102 valence electrons. The van der Waals surface area contributed by atoms with E-state index in [1.807, 2.05) is 0 Å². The Bertz CT molecular complexity index is 462. The molecule has 0 spiro atoms. The summed E-state index contributed by atoms with van der Waals surface area (Å²) >= 11 is 0. The van der Waals surface area contributed by atoms with Gasteiger partial charge in [-0.15, -0.1) is 0 Å². The second-order valence-corrected chi connectivity index (χ2v) is 6.90. The molecule has 1 atom stereocenters. The van der Waals surface area contributed by atoms with Crippen molar-refractivity contribution in [2.24, 2.45) is 23.2 Å². The zero-order valence-electron chi connectivity index (χ0n) is 10.9. The molecule has 5 nitrogen and oxygen atoms in total. The molecule has 5 heteroatoms. The second kappa shape index (κ2) is 3.81. The Hall–Kier alpha value is -1.39. The topological polar surface area (TPSA) is 68.0 Å². The van der Waals surface area contributed by atoms with Crippen LogP contribution < -0.4 is 0 Å². The Morgan fingerprint density at radius 2 is 1.79 bits per heavy atom. The fraction of sp³-hybridized carbons (Fsp3) is 0.786. The summed E-state index contributed by atoms with van der Waals surface area (Å²) in [5, 5.41) is 13.8. The summed E-state index contributed by atoms with van der Waals surface area (Å²) in [6.45, 7) is 0. The maximum Gasteiger partial charge on any atom is 0.329 e. The molecular weight excluding hydrogens is 242 g/mol. The molecule has 0 aromatic carbocycles. The maximum absolute atomic E-state index is 11.8. The van der Waals surface area contributed by atoms with Crippen LogP contribution in [0.1, 0.15) is 44.6 Å². The Kier molecular flexibility index (Phi) is 2.29. The van der Waals surface area contributed by atoms with E-state index in [2.05, 4.69) is 10.1 Å². The van der Waals surface area contributed by atoms with Gasteiger partial charge in [0, 0.05) is 5.41 Å². The van der Waals surface area contributed by atoms with Crippen LogP contribution in [0.2, 0.25) is 0 Å². The smallest absolute Gasteiger partial charge is 0.329 e. The van der Waals surface area contributed by atoms with Gasteiger partial charge in [-0.1, -0.05) is 0 Å². The molecule has 0 radical (unpaired) electrons. The van der Waals surface area contributed by atoms with Gasteiger partial charge in [0.2, 0.25) is 0 Å². The van der Waals surface area contributed by atoms with E-state index in [-0.39, 0.29) is 5.41 Å². The zero-order chi connectivity index (χ0) is 13.0. The maximum atomic E-state index is 11.8. The third kappa shape index (κ3) is 1.63. The minimum absolute atomic E-state index is 0.0751. The van der Waals surface area contributed by atoms with E-state index in [9.17, 15) is 9.90 Å². The predicted octanol–water partition coefficient (Wildman–Crippen LogP) is 2.12. The van der Waals surface area contributed by atoms with E-state index in [0.717, 1.165) is 37.0 Å². The molecule has 0 saturated heterocycles. The average molecular weight is 261 g/mol. The Labute approximate surface area is 112 Å². The quantitative estimate of drug-likeness (QED) is 0.905. The first-order chi connectivity index (χ1) is 9.16. The van der Waals surface area contributed by atoms with E-state index in [1.165, 1.54) is 25.6 Å². The number of hydrogen-bond donors (Lipinski definition) is 1. The Morgan fingerprint density at radius 3 is 2.21 bits per heavy atom. The first-order valence-corrected chi connectivity index (χ1v) is 7.23. The van der Waals surface area contributed by atoms with E-state index >= 15 is 0 Å². The third-order valence-corrected chi connectivity index (χ3v) is 5.60. The van der Waals surface area contributed by atoms with Crippen LogP contribution in [0.15, 0.2) is 12.7 Å². The minimum Gasteiger partial charge on any atom is -0.480 e. The van der Waals surface area contributed by atoms with Crippen LogP contribution in [0, 0.1) is 23.2 Å². The summed E-state index contributed by atoms with van der Waals surface area (Å²) in [7, 11) is 0. The van der Waals surface area contributed by atoms with Crippen molar-refractivity contribution >= 4 is 5.97 Å². The van der Waals surface area contributed by atoms with Crippen molar-refractivity contribution < 1.29 is 9.90 Å². The lowest BCUT2D eigenvalue weighted by atomic mass is 9.47. The lowest BCUT2D eigenvalue weighted by Crippen LogP contribution is -2.52. The summed E-state index contributed by atoms with van der Waals surface area (Å²) in [5.41, 5.74) is -0.0751. The third-order valence-electron chi connectivity index (χ3n) is 5.60. The van der Waals surface area contributed by atoms with Gasteiger partial charge in [0.15, 0.2) is 6.04 Å². The summed E-state index contributed by atoms with van der Waals surface area (Å²) < 4.78 is 1.58. The highest BCUT2D eigenvalue weighted by molar-refractivity contribution is 5.73. The van der Waals surface area contributed by atoms with Crippen LogP contribution >= 0.6 is 0 Å². The van der Waals surface area contributed by atoms with E-state index in [0.29, 0.717) is 0 Å². The molecule has 4 aliphatic rings. The standard InChI is InChI=1S/C14H19N3O2/c18-13(19)12(17-8-15-7-16-17)14-4-9-1-10(5-14)3-11(2-9)6-14/h7-12H,1-6H2,(H,18,19). The molecule has 4 fully saturated rings. The first-order valence-electron chi connectivity index (χ1n) is 7.23. The highest BCUT2D eigenvalue weighted by Gasteiger charge is 2.57. The van der Waals surface area contributed by atoms with Gasteiger partial charge >= 0.3 is 5.97 Å². The van der Waals surface area contributed by atoms with Gasteiger partial charge < -0.3 is 5.11 Å². The number of carbonyl (C=O) groups is 1. The molecular formula is C14H19N3O2. The molecule has 0 aliphatic heterocycles. The van der Waals surface area contributed by atoms with Gasteiger partial charge in [-0.25, -0.2) is 14.5 Å². The van der Waals surface area contributed by atoms with Gasteiger partial charge in [-0.3, -0.25) is 0 Å². The van der Waals surface area contributed by atoms with Gasteiger partial charge in [0.25, 0.3) is 0 Å². The molecule has 4 aliphatic carbocycles. The molecule has 4 saturated carbocycles. The Morgan fingerprint density at radius 1 is 1.21 bits per heavy atom. The predicted molar refractivity (Wildman–Crippen MR) is 67.3 cm³/mol. The largest absolute Gasteiger partial charge is 0.480 e. The Balaban J connectivity index is 1.75. The number of carboxylic acids is 1. The van der Waals surface area contributed by atoms with E-state index < -0.39 is 12.0 Å². The molecule has 1 heterocycles. The molecule has 4 bridgehead atoms. The highest BCUT2D eigenvalue weighted by Crippen LogP contribution is 2.63. The molecule has 5 rings (SSSR count). The molecule has 1 unspecified atom stereocenters. The van der Waals surface area contributed by atoms with Crippen molar-refractivity contribution in [1.82, 2.24) is 14.8 Å². The monoisotopic (exact) mass is 261 g/mol. The summed E-state index contributed by atoms with van der Waals surface area (Å²) in [5.74, 6) is 1.50. The first kappa shape index (κ1) is 11.4. The average Bonchev–Trinajstić information content (AvgIpc) is 2.79. The number of rotatable bonds is 3. The van der Waals surface area contributed by atoms with Crippen LogP contribution in [0.25, 0.3) is 0 Å². The van der Waals surface area contributed by atoms with Crippen molar-refractivity contribution in [3.05, 3.63) is 12.7 Å². The fourth-order valence-electron chi connectivity index (χ4n) is 5.52. The number of carboxylic acid groups (broad SMARTS) is 1. The van der Waals surface area contributed by atoms with Gasteiger partial charge in [-0.05, 0) is 56.3 Å². The highest BCUT2D eigenvalue weighted by atomic mass is 16.4. The van der Waals surface area contributed by atoms with Crippen molar-refractivity contribution in [2.45, 2.75) is 44.6 Å². The SMILES string of the molecule is O=C(O)C(n1cncn1)C12CC3CC(CC(C3)C1)C2. The summed E-state index contributed by atoms with van der Waals surface area (Å²) in [6, 6.07) is -0.525. The van der Waals surface area contributed by atoms with Crippen LogP contribution in [0.5, 0.6) is 0 Å². The van der Waals surface area contributed by atoms with Gasteiger partial charge in [0.1, 0.15) is 12.7 Å². The minimum atomic E-state index is -0.743. The van der Waals surface area contributed by atoms with Crippen molar-refractivity contribution in [2.75, 3.05) is 0 Å². The van der Waals surface area contributed by atoms with Crippen molar-refractivity contribution in [3.8, 4) is 0 Å². The second-order valence-electron chi connectivity index (χ2n) is 6.90. The van der Waals surface area contributed by atoms with E-state index in [1.54, 1.807) is 11.0 Å². The van der Waals surface area contributed by atoms with Crippen molar-refractivity contribution in [1.29, 1.82) is 0 Å². The number of hydrogen-bond acceptors (Lipinski definition) is 3.